The maximum absolute atomic E-state index is 13.1. The summed E-state index contributed by atoms with van der Waals surface area (Å²) in [7, 11) is 0. The fourth-order valence-corrected chi connectivity index (χ4v) is 2.62. The number of anilines is 1. The van der Waals surface area contributed by atoms with E-state index in [-0.39, 0.29) is 23.0 Å². The molecule has 0 aromatic heterocycles. The van der Waals surface area contributed by atoms with Gasteiger partial charge in [-0.2, -0.15) is 0 Å². The number of carbonyl (C=O) groups excluding carboxylic acids is 3. The van der Waals surface area contributed by atoms with E-state index in [4.69, 9.17) is 16.3 Å². The van der Waals surface area contributed by atoms with E-state index in [1.165, 1.54) is 19.1 Å². The van der Waals surface area contributed by atoms with Crippen molar-refractivity contribution < 1.29 is 23.5 Å². The zero-order valence-electron chi connectivity index (χ0n) is 15.4. The highest BCUT2D eigenvalue weighted by molar-refractivity contribution is 6.31. The van der Waals surface area contributed by atoms with Crippen molar-refractivity contribution in [3.05, 3.63) is 64.4 Å². The molecule has 28 heavy (non-hydrogen) atoms. The van der Waals surface area contributed by atoms with Gasteiger partial charge in [-0.15, -0.1) is 0 Å². The third-order valence-corrected chi connectivity index (χ3v) is 4.09. The Morgan fingerprint density at radius 3 is 2.43 bits per heavy atom. The van der Waals surface area contributed by atoms with Gasteiger partial charge in [-0.05, 0) is 30.7 Å². The lowest BCUT2D eigenvalue weighted by Gasteiger charge is -2.18. The number of esters is 1. The van der Waals surface area contributed by atoms with Crippen molar-refractivity contribution in [1.82, 2.24) is 5.32 Å². The van der Waals surface area contributed by atoms with Crippen molar-refractivity contribution in [2.24, 2.45) is 0 Å². The van der Waals surface area contributed by atoms with E-state index in [1.807, 2.05) is 31.2 Å². The average molecular weight is 407 g/mol. The van der Waals surface area contributed by atoms with Gasteiger partial charge in [0.05, 0.1) is 17.5 Å². The summed E-state index contributed by atoms with van der Waals surface area (Å²) in [5.74, 6) is -2.13. The summed E-state index contributed by atoms with van der Waals surface area (Å²) < 4.78 is 18.1. The Bertz CT molecular complexity index is 871. The Kier molecular flexibility index (Phi) is 7.52. The molecule has 0 radical (unpaired) electrons. The van der Waals surface area contributed by atoms with Crippen LogP contribution in [0.1, 0.15) is 30.5 Å². The van der Waals surface area contributed by atoms with Crippen LogP contribution < -0.4 is 10.6 Å². The van der Waals surface area contributed by atoms with Gasteiger partial charge in [-0.1, -0.05) is 41.4 Å². The van der Waals surface area contributed by atoms with Crippen LogP contribution in [-0.2, 0) is 19.1 Å². The molecule has 0 fully saturated rings. The van der Waals surface area contributed by atoms with Crippen LogP contribution in [0.5, 0.6) is 0 Å². The van der Waals surface area contributed by atoms with Gasteiger partial charge < -0.3 is 15.4 Å². The molecule has 0 aliphatic carbocycles. The van der Waals surface area contributed by atoms with Gasteiger partial charge in [0.15, 0.2) is 6.61 Å². The fourth-order valence-electron chi connectivity index (χ4n) is 2.44. The molecule has 1 atom stereocenters. The van der Waals surface area contributed by atoms with Gasteiger partial charge in [0.2, 0.25) is 5.91 Å². The molecule has 2 aromatic rings. The summed E-state index contributed by atoms with van der Waals surface area (Å²) in [6.45, 7) is 2.76. The molecule has 0 saturated heterocycles. The zero-order chi connectivity index (χ0) is 20.7. The standard InChI is InChI=1S/C20H20ClFN2O4/c1-12-3-5-14(6-4-12)18(23-13(2)25)10-20(27)28-11-19(26)24-15-7-8-17(22)16(21)9-15/h3-9,18H,10-11H2,1-2H3,(H,23,25)(H,24,26). The first-order valence-corrected chi connectivity index (χ1v) is 8.86. The Morgan fingerprint density at radius 2 is 1.82 bits per heavy atom. The normalized spacial score (nSPS) is 11.4. The molecule has 2 N–H and O–H groups in total. The van der Waals surface area contributed by atoms with Gasteiger partial charge >= 0.3 is 5.97 Å². The van der Waals surface area contributed by atoms with Crippen molar-refractivity contribution in [3.63, 3.8) is 0 Å². The smallest absolute Gasteiger partial charge is 0.308 e. The second-order valence-corrected chi connectivity index (χ2v) is 6.61. The first kappa shape index (κ1) is 21.4. The molecule has 0 spiro atoms. The van der Waals surface area contributed by atoms with Crippen molar-refractivity contribution in [3.8, 4) is 0 Å². The minimum atomic E-state index is -0.647. The molecular weight excluding hydrogens is 387 g/mol. The average Bonchev–Trinajstić information content (AvgIpc) is 2.63. The predicted octanol–water partition coefficient (Wildman–Crippen LogP) is 3.54. The number of benzene rings is 2. The largest absolute Gasteiger partial charge is 0.455 e. The van der Waals surface area contributed by atoms with Crippen LogP contribution in [0.15, 0.2) is 42.5 Å². The number of amides is 2. The van der Waals surface area contributed by atoms with Crippen LogP contribution in [-0.4, -0.2) is 24.4 Å². The number of carbonyl (C=O) groups is 3. The van der Waals surface area contributed by atoms with Crippen LogP contribution in [0.3, 0.4) is 0 Å². The summed E-state index contributed by atoms with van der Waals surface area (Å²) in [6.07, 6.45) is -0.127. The third-order valence-electron chi connectivity index (χ3n) is 3.80. The number of hydrogen-bond acceptors (Lipinski definition) is 4. The first-order valence-electron chi connectivity index (χ1n) is 8.49. The Labute approximate surface area is 167 Å². The van der Waals surface area contributed by atoms with Crippen LogP contribution in [0.25, 0.3) is 0 Å². The molecule has 6 nitrogen and oxygen atoms in total. The van der Waals surface area contributed by atoms with E-state index in [9.17, 15) is 18.8 Å². The maximum atomic E-state index is 13.1. The van der Waals surface area contributed by atoms with Gasteiger partial charge in [0.1, 0.15) is 5.82 Å². The summed E-state index contributed by atoms with van der Waals surface area (Å²) in [6, 6.07) is 10.5. The lowest BCUT2D eigenvalue weighted by molar-refractivity contribution is -0.148. The Hall–Kier alpha value is -2.93. The lowest BCUT2D eigenvalue weighted by Crippen LogP contribution is -2.29. The summed E-state index contributed by atoms with van der Waals surface area (Å²) >= 11 is 5.65. The topological polar surface area (TPSA) is 84.5 Å². The summed E-state index contributed by atoms with van der Waals surface area (Å²) in [4.78, 5) is 35.4. The molecule has 0 bridgehead atoms. The number of aryl methyl sites for hydroxylation is 1. The summed E-state index contributed by atoms with van der Waals surface area (Å²) in [5, 5.41) is 5.01. The SMILES string of the molecule is CC(=O)NC(CC(=O)OCC(=O)Nc1ccc(F)c(Cl)c1)c1ccc(C)cc1. The van der Waals surface area contributed by atoms with Gasteiger partial charge in [-0.25, -0.2) is 4.39 Å². The second kappa shape index (κ2) is 9.85. The van der Waals surface area contributed by atoms with E-state index in [1.54, 1.807) is 0 Å². The van der Waals surface area contributed by atoms with E-state index >= 15 is 0 Å². The Morgan fingerprint density at radius 1 is 1.14 bits per heavy atom. The van der Waals surface area contributed by atoms with Crippen LogP contribution in [0.2, 0.25) is 5.02 Å². The molecule has 0 heterocycles. The molecule has 148 valence electrons. The number of halogens is 2. The van der Waals surface area contributed by atoms with Crippen molar-refractivity contribution in [2.75, 3.05) is 11.9 Å². The van der Waals surface area contributed by atoms with Crippen LogP contribution in [0, 0.1) is 12.7 Å². The molecule has 1 unspecified atom stereocenters. The highest BCUT2D eigenvalue weighted by Crippen LogP contribution is 2.20. The van der Waals surface area contributed by atoms with Crippen molar-refractivity contribution in [2.45, 2.75) is 26.3 Å². The number of rotatable bonds is 7. The van der Waals surface area contributed by atoms with E-state index in [0.717, 1.165) is 17.2 Å². The van der Waals surface area contributed by atoms with Gasteiger partial charge in [-0.3, -0.25) is 14.4 Å². The molecule has 0 aliphatic rings. The van der Waals surface area contributed by atoms with Gasteiger partial charge in [0, 0.05) is 12.6 Å². The molecule has 2 aromatic carbocycles. The highest BCUT2D eigenvalue weighted by Gasteiger charge is 2.19. The molecule has 8 heteroatoms. The number of ether oxygens (including phenoxy) is 1. The minimum absolute atomic E-state index is 0.127. The Balaban J connectivity index is 1.90. The number of nitrogens with one attached hydrogen (secondary N) is 2. The van der Waals surface area contributed by atoms with Crippen LogP contribution in [0.4, 0.5) is 10.1 Å². The van der Waals surface area contributed by atoms with E-state index in [2.05, 4.69) is 10.6 Å². The second-order valence-electron chi connectivity index (χ2n) is 6.21. The highest BCUT2D eigenvalue weighted by atomic mass is 35.5. The van der Waals surface area contributed by atoms with Crippen molar-refractivity contribution >= 4 is 35.1 Å². The monoisotopic (exact) mass is 406 g/mol. The zero-order valence-corrected chi connectivity index (χ0v) is 16.2. The number of hydrogen-bond donors (Lipinski definition) is 2. The fraction of sp³-hybridized carbons (Fsp3) is 0.250. The predicted molar refractivity (Wildman–Crippen MR) is 103 cm³/mol. The summed E-state index contributed by atoms with van der Waals surface area (Å²) in [5.41, 5.74) is 2.08. The molecular formula is C20H20ClFN2O4. The van der Waals surface area contributed by atoms with E-state index in [0.29, 0.717) is 0 Å². The third kappa shape index (κ3) is 6.66. The molecule has 0 aliphatic heterocycles. The quantitative estimate of drug-likeness (QED) is 0.689. The maximum Gasteiger partial charge on any atom is 0.308 e. The van der Waals surface area contributed by atoms with E-state index < -0.39 is 30.3 Å². The van der Waals surface area contributed by atoms with Crippen molar-refractivity contribution in [1.29, 1.82) is 0 Å². The van der Waals surface area contributed by atoms with Gasteiger partial charge in [0.25, 0.3) is 5.91 Å². The first-order chi connectivity index (χ1) is 13.2. The lowest BCUT2D eigenvalue weighted by atomic mass is 10.0. The molecule has 0 saturated carbocycles. The molecule has 2 amide bonds. The molecule has 2 rings (SSSR count). The minimum Gasteiger partial charge on any atom is -0.455 e. The van der Waals surface area contributed by atoms with Crippen LogP contribution >= 0.6 is 11.6 Å².